The van der Waals surface area contributed by atoms with Gasteiger partial charge in [-0.15, -0.1) is 0 Å². The van der Waals surface area contributed by atoms with Gasteiger partial charge in [-0.1, -0.05) is 40.7 Å². The van der Waals surface area contributed by atoms with Crippen LogP contribution in [-0.2, 0) is 4.74 Å². The molecule has 1 fully saturated rings. The maximum Gasteiger partial charge on any atom is 0.410 e. The van der Waals surface area contributed by atoms with Crippen LogP contribution in [0.15, 0.2) is 24.4 Å². The van der Waals surface area contributed by atoms with E-state index < -0.39 is 0 Å². The summed E-state index contributed by atoms with van der Waals surface area (Å²) in [5, 5.41) is 0. The number of aromatic nitrogens is 1. The van der Waals surface area contributed by atoms with Gasteiger partial charge in [0.15, 0.2) is 0 Å². The SMILES string of the molecule is CCC(C)(C)[C@@H](c1ccccn1)N1C(=O)OC[C@@H]1C(C)C. The van der Waals surface area contributed by atoms with Gasteiger partial charge < -0.3 is 4.74 Å². The average Bonchev–Trinajstić information content (AvgIpc) is 2.82. The van der Waals surface area contributed by atoms with Crippen molar-refractivity contribution >= 4 is 6.09 Å². The number of hydrogen-bond acceptors (Lipinski definition) is 3. The standard InChI is InChI=1S/C17H26N2O2/c1-6-17(4,5)15(13-9-7-8-10-18-13)19-14(12(2)3)11-21-16(19)20/h7-10,12,14-15H,6,11H2,1-5H3/t14-,15-/m1/s1. The van der Waals surface area contributed by atoms with E-state index in [2.05, 4.69) is 39.6 Å². The highest BCUT2D eigenvalue weighted by Crippen LogP contribution is 2.43. The Morgan fingerprint density at radius 2 is 2.14 bits per heavy atom. The van der Waals surface area contributed by atoms with Crippen molar-refractivity contribution in [1.82, 2.24) is 9.88 Å². The van der Waals surface area contributed by atoms with E-state index >= 15 is 0 Å². The van der Waals surface area contributed by atoms with Crippen LogP contribution in [-0.4, -0.2) is 28.6 Å². The highest BCUT2D eigenvalue weighted by molar-refractivity contribution is 5.71. The fourth-order valence-electron chi connectivity index (χ4n) is 2.91. The van der Waals surface area contributed by atoms with Gasteiger partial charge in [0, 0.05) is 6.20 Å². The Morgan fingerprint density at radius 1 is 1.43 bits per heavy atom. The summed E-state index contributed by atoms with van der Waals surface area (Å²) in [6, 6.07) is 5.93. The molecule has 0 unspecified atom stereocenters. The molecule has 4 heteroatoms. The molecule has 1 amide bonds. The van der Waals surface area contributed by atoms with Crippen molar-refractivity contribution in [2.24, 2.45) is 11.3 Å². The lowest BCUT2D eigenvalue weighted by atomic mass is 9.78. The van der Waals surface area contributed by atoms with Gasteiger partial charge in [0.2, 0.25) is 0 Å². The van der Waals surface area contributed by atoms with Gasteiger partial charge in [-0.05, 0) is 29.9 Å². The van der Waals surface area contributed by atoms with Gasteiger partial charge in [-0.3, -0.25) is 9.88 Å². The predicted octanol–water partition coefficient (Wildman–Crippen LogP) is 4.04. The second-order valence-electron chi connectivity index (χ2n) is 6.79. The van der Waals surface area contributed by atoms with Crippen LogP contribution >= 0.6 is 0 Å². The monoisotopic (exact) mass is 290 g/mol. The zero-order valence-electron chi connectivity index (χ0n) is 13.7. The van der Waals surface area contributed by atoms with E-state index in [9.17, 15) is 4.79 Å². The van der Waals surface area contributed by atoms with E-state index in [4.69, 9.17) is 4.74 Å². The first-order chi connectivity index (χ1) is 9.88. The highest BCUT2D eigenvalue weighted by atomic mass is 16.6. The maximum atomic E-state index is 12.3. The number of carbonyl (C=O) groups excluding carboxylic acids is 1. The molecule has 116 valence electrons. The average molecular weight is 290 g/mol. The van der Waals surface area contributed by atoms with Crippen LogP contribution in [0.1, 0.15) is 52.8 Å². The summed E-state index contributed by atoms with van der Waals surface area (Å²) in [5.41, 5.74) is 0.874. The van der Waals surface area contributed by atoms with E-state index in [0.29, 0.717) is 12.5 Å². The topological polar surface area (TPSA) is 42.4 Å². The summed E-state index contributed by atoms with van der Waals surface area (Å²) < 4.78 is 5.34. The summed E-state index contributed by atoms with van der Waals surface area (Å²) in [6.45, 7) is 11.3. The molecular weight excluding hydrogens is 264 g/mol. The number of amides is 1. The molecule has 1 aliphatic rings. The smallest absolute Gasteiger partial charge is 0.410 e. The Hall–Kier alpha value is -1.58. The third-order valence-corrected chi connectivity index (χ3v) is 4.61. The number of ether oxygens (including phenoxy) is 1. The van der Waals surface area contributed by atoms with Crippen LogP contribution in [0.25, 0.3) is 0 Å². The quantitative estimate of drug-likeness (QED) is 0.822. The van der Waals surface area contributed by atoms with Gasteiger partial charge in [0.1, 0.15) is 6.61 Å². The number of pyridine rings is 1. The van der Waals surface area contributed by atoms with Gasteiger partial charge in [-0.25, -0.2) is 4.79 Å². The van der Waals surface area contributed by atoms with Crippen LogP contribution in [0.3, 0.4) is 0 Å². The van der Waals surface area contributed by atoms with Crippen LogP contribution in [0, 0.1) is 11.3 Å². The Labute approximate surface area is 127 Å². The predicted molar refractivity (Wildman–Crippen MR) is 82.9 cm³/mol. The summed E-state index contributed by atoms with van der Waals surface area (Å²) in [5.74, 6) is 0.357. The first kappa shape index (κ1) is 15.8. The molecule has 0 saturated carbocycles. The lowest BCUT2D eigenvalue weighted by Crippen LogP contribution is -2.45. The molecule has 1 aliphatic heterocycles. The molecule has 2 atom stereocenters. The van der Waals surface area contributed by atoms with Gasteiger partial charge in [0.25, 0.3) is 0 Å². The third kappa shape index (κ3) is 3.04. The van der Waals surface area contributed by atoms with Crippen LogP contribution < -0.4 is 0 Å². The highest BCUT2D eigenvalue weighted by Gasteiger charge is 2.46. The molecule has 2 rings (SSSR count). The number of rotatable bonds is 5. The molecule has 0 aliphatic carbocycles. The number of hydrogen-bond donors (Lipinski definition) is 0. The minimum absolute atomic E-state index is 0.0638. The molecule has 0 aromatic carbocycles. The van der Waals surface area contributed by atoms with Gasteiger partial charge in [0.05, 0.1) is 17.8 Å². The summed E-state index contributed by atoms with van der Waals surface area (Å²) in [4.78, 5) is 18.8. The molecule has 1 aromatic rings. The molecule has 1 saturated heterocycles. The first-order valence-corrected chi connectivity index (χ1v) is 7.74. The number of nitrogens with zero attached hydrogens (tertiary/aromatic N) is 2. The fourth-order valence-corrected chi connectivity index (χ4v) is 2.91. The Bertz CT molecular complexity index is 485. The minimum Gasteiger partial charge on any atom is -0.447 e. The van der Waals surface area contributed by atoms with Crippen molar-refractivity contribution in [2.45, 2.75) is 53.1 Å². The minimum atomic E-state index is -0.217. The van der Waals surface area contributed by atoms with Gasteiger partial charge >= 0.3 is 6.09 Å². The molecular formula is C17H26N2O2. The molecule has 1 aromatic heterocycles. The maximum absolute atomic E-state index is 12.3. The van der Waals surface area contributed by atoms with Gasteiger partial charge in [-0.2, -0.15) is 0 Å². The van der Waals surface area contributed by atoms with E-state index in [1.165, 1.54) is 0 Å². The molecule has 21 heavy (non-hydrogen) atoms. The van der Waals surface area contributed by atoms with Crippen molar-refractivity contribution in [3.8, 4) is 0 Å². The van der Waals surface area contributed by atoms with Crippen molar-refractivity contribution in [3.63, 3.8) is 0 Å². The summed E-state index contributed by atoms with van der Waals surface area (Å²) in [6.07, 6.45) is 2.54. The largest absolute Gasteiger partial charge is 0.447 e. The normalized spacial score (nSPS) is 20.8. The Balaban J connectivity index is 2.47. The van der Waals surface area contributed by atoms with E-state index in [1.807, 2.05) is 23.1 Å². The number of carbonyl (C=O) groups is 1. The van der Waals surface area contributed by atoms with Crippen molar-refractivity contribution in [1.29, 1.82) is 0 Å². The molecule has 0 N–H and O–H groups in total. The second-order valence-corrected chi connectivity index (χ2v) is 6.79. The van der Waals surface area contributed by atoms with Crippen LogP contribution in [0.4, 0.5) is 4.79 Å². The Kier molecular flexibility index (Phi) is 4.55. The van der Waals surface area contributed by atoms with Crippen molar-refractivity contribution in [3.05, 3.63) is 30.1 Å². The summed E-state index contributed by atoms with van der Waals surface area (Å²) >= 11 is 0. The van der Waals surface area contributed by atoms with Crippen LogP contribution in [0.5, 0.6) is 0 Å². The molecule has 0 radical (unpaired) electrons. The zero-order valence-corrected chi connectivity index (χ0v) is 13.7. The van der Waals surface area contributed by atoms with E-state index in [-0.39, 0.29) is 23.6 Å². The van der Waals surface area contributed by atoms with E-state index in [1.54, 1.807) is 6.20 Å². The van der Waals surface area contributed by atoms with Crippen molar-refractivity contribution in [2.75, 3.05) is 6.61 Å². The Morgan fingerprint density at radius 3 is 2.67 bits per heavy atom. The lowest BCUT2D eigenvalue weighted by molar-refractivity contribution is 0.0749. The van der Waals surface area contributed by atoms with Crippen molar-refractivity contribution < 1.29 is 9.53 Å². The fraction of sp³-hybridized carbons (Fsp3) is 0.647. The second kappa shape index (κ2) is 6.04. The molecule has 0 spiro atoms. The van der Waals surface area contributed by atoms with E-state index in [0.717, 1.165) is 12.1 Å². The number of cyclic esters (lactones) is 1. The summed E-state index contributed by atoms with van der Waals surface area (Å²) in [7, 11) is 0. The molecule has 2 heterocycles. The molecule has 0 bridgehead atoms. The first-order valence-electron chi connectivity index (χ1n) is 7.74. The molecule has 4 nitrogen and oxygen atoms in total. The third-order valence-electron chi connectivity index (χ3n) is 4.61. The lowest BCUT2D eigenvalue weighted by Gasteiger charge is -2.41. The van der Waals surface area contributed by atoms with Crippen LogP contribution in [0.2, 0.25) is 0 Å². The zero-order chi connectivity index (χ0) is 15.6.